The van der Waals surface area contributed by atoms with Crippen molar-refractivity contribution in [1.82, 2.24) is 10.2 Å². The summed E-state index contributed by atoms with van der Waals surface area (Å²) < 4.78 is 0. The minimum atomic E-state index is -1.01. The Kier molecular flexibility index (Phi) is 4.58. The van der Waals surface area contributed by atoms with Gasteiger partial charge in [0.15, 0.2) is 0 Å². The zero-order valence-corrected chi connectivity index (χ0v) is 10.00. The first-order chi connectivity index (χ1) is 6.70. The van der Waals surface area contributed by atoms with E-state index in [4.69, 9.17) is 5.11 Å². The second kappa shape index (κ2) is 5.00. The summed E-state index contributed by atoms with van der Waals surface area (Å²) in [5.41, 5.74) is -0.504. The summed E-state index contributed by atoms with van der Waals surface area (Å²) in [6.45, 7) is 7.70. The Hall–Kier alpha value is -1.26. The third-order valence-corrected chi connectivity index (χ3v) is 2.20. The lowest BCUT2D eigenvalue weighted by molar-refractivity contribution is -0.142. The van der Waals surface area contributed by atoms with Gasteiger partial charge in [-0.3, -0.25) is 0 Å². The van der Waals surface area contributed by atoms with Gasteiger partial charge in [0.25, 0.3) is 0 Å². The summed E-state index contributed by atoms with van der Waals surface area (Å²) in [4.78, 5) is 23.9. The second-order valence-electron chi connectivity index (χ2n) is 4.60. The average Bonchev–Trinajstić information content (AvgIpc) is 2.09. The van der Waals surface area contributed by atoms with Crippen molar-refractivity contribution >= 4 is 12.0 Å². The summed E-state index contributed by atoms with van der Waals surface area (Å²) in [5, 5.41) is 11.5. The molecule has 5 nitrogen and oxygen atoms in total. The molecular formula is C10H20N2O3. The van der Waals surface area contributed by atoms with Crippen LogP contribution in [0.4, 0.5) is 4.79 Å². The zero-order chi connectivity index (χ0) is 12.2. The van der Waals surface area contributed by atoms with Crippen molar-refractivity contribution in [3.63, 3.8) is 0 Å². The fourth-order valence-corrected chi connectivity index (χ4v) is 1.03. The number of hydrogen-bond donors (Lipinski definition) is 2. The van der Waals surface area contributed by atoms with Crippen molar-refractivity contribution in [3.05, 3.63) is 0 Å². The van der Waals surface area contributed by atoms with Crippen molar-refractivity contribution in [1.29, 1.82) is 0 Å². The van der Waals surface area contributed by atoms with Gasteiger partial charge in [0.2, 0.25) is 0 Å². The van der Waals surface area contributed by atoms with Crippen molar-refractivity contribution in [2.24, 2.45) is 5.41 Å². The van der Waals surface area contributed by atoms with E-state index in [-0.39, 0.29) is 6.03 Å². The fourth-order valence-electron chi connectivity index (χ4n) is 1.03. The molecule has 0 aromatic carbocycles. The molecular weight excluding hydrogens is 196 g/mol. The zero-order valence-electron chi connectivity index (χ0n) is 10.00. The highest BCUT2D eigenvalue weighted by Crippen LogP contribution is 2.19. The molecule has 0 unspecified atom stereocenters. The van der Waals surface area contributed by atoms with Crippen LogP contribution in [0.25, 0.3) is 0 Å². The number of nitrogens with one attached hydrogen (secondary N) is 1. The number of carbonyl (C=O) groups excluding carboxylic acids is 1. The van der Waals surface area contributed by atoms with E-state index < -0.39 is 17.4 Å². The quantitative estimate of drug-likeness (QED) is 0.743. The number of carboxylic acid groups (broad SMARTS) is 1. The lowest BCUT2D eigenvalue weighted by Gasteiger charge is -2.29. The summed E-state index contributed by atoms with van der Waals surface area (Å²) in [6, 6.07) is -1.24. The molecule has 0 fully saturated rings. The Morgan fingerprint density at radius 1 is 1.40 bits per heavy atom. The van der Waals surface area contributed by atoms with Gasteiger partial charge in [0.05, 0.1) is 0 Å². The molecule has 0 aliphatic heterocycles. The van der Waals surface area contributed by atoms with Gasteiger partial charge < -0.3 is 15.3 Å². The molecule has 0 aromatic heterocycles. The van der Waals surface area contributed by atoms with Crippen LogP contribution in [0.1, 0.15) is 27.7 Å². The minimum absolute atomic E-state index is 0.361. The Morgan fingerprint density at radius 2 is 1.87 bits per heavy atom. The predicted molar refractivity (Wildman–Crippen MR) is 57.7 cm³/mol. The number of nitrogens with zero attached hydrogens (tertiary/aromatic N) is 1. The molecule has 88 valence electrons. The third-order valence-electron chi connectivity index (χ3n) is 2.20. The molecule has 0 aliphatic rings. The van der Waals surface area contributed by atoms with E-state index in [1.807, 2.05) is 6.92 Å². The molecule has 2 N–H and O–H groups in total. The maximum absolute atomic E-state index is 11.5. The summed E-state index contributed by atoms with van der Waals surface area (Å²) >= 11 is 0. The molecule has 0 bridgehead atoms. The lowest BCUT2D eigenvalue weighted by Crippen LogP contribution is -2.52. The first-order valence-corrected chi connectivity index (χ1v) is 4.94. The summed E-state index contributed by atoms with van der Waals surface area (Å²) in [5.74, 6) is -1.01. The first kappa shape index (κ1) is 13.7. The van der Waals surface area contributed by atoms with E-state index in [1.54, 1.807) is 27.8 Å². The van der Waals surface area contributed by atoms with Gasteiger partial charge in [-0.1, -0.05) is 20.8 Å². The molecule has 0 aliphatic carbocycles. The Morgan fingerprint density at radius 3 is 2.13 bits per heavy atom. The molecule has 0 spiro atoms. The van der Waals surface area contributed by atoms with Crippen molar-refractivity contribution in [2.75, 3.05) is 13.6 Å². The molecule has 0 aromatic rings. The highest BCUT2D eigenvalue weighted by atomic mass is 16.4. The fraction of sp³-hybridized carbons (Fsp3) is 0.800. The highest BCUT2D eigenvalue weighted by molar-refractivity contribution is 5.83. The molecule has 1 atom stereocenters. The van der Waals surface area contributed by atoms with Crippen LogP contribution in [0.15, 0.2) is 0 Å². The van der Waals surface area contributed by atoms with Crippen molar-refractivity contribution < 1.29 is 14.7 Å². The van der Waals surface area contributed by atoms with Crippen LogP contribution in [0.5, 0.6) is 0 Å². The Bertz CT molecular complexity index is 246. The predicted octanol–water partition coefficient (Wildman–Crippen LogP) is 1.15. The second-order valence-corrected chi connectivity index (χ2v) is 4.60. The molecule has 0 saturated heterocycles. The molecule has 0 radical (unpaired) electrons. The molecule has 15 heavy (non-hydrogen) atoms. The topological polar surface area (TPSA) is 69.6 Å². The molecule has 0 rings (SSSR count). The van der Waals surface area contributed by atoms with Crippen LogP contribution in [-0.2, 0) is 4.79 Å². The van der Waals surface area contributed by atoms with Crippen LogP contribution >= 0.6 is 0 Å². The number of urea groups is 1. The standard InChI is InChI=1S/C10H20N2O3/c1-6-12(5)9(15)11-7(8(13)14)10(2,3)4/h7H,6H2,1-5H3,(H,11,15)(H,13,14)/t7-/m0/s1. The van der Waals surface area contributed by atoms with Gasteiger partial charge in [-0.25, -0.2) is 9.59 Å². The van der Waals surface area contributed by atoms with E-state index in [0.29, 0.717) is 6.54 Å². The maximum Gasteiger partial charge on any atom is 0.326 e. The molecule has 0 heterocycles. The molecule has 5 heteroatoms. The normalized spacial score (nSPS) is 13.1. The Balaban J connectivity index is 4.58. The maximum atomic E-state index is 11.5. The van der Waals surface area contributed by atoms with Gasteiger partial charge >= 0.3 is 12.0 Å². The van der Waals surface area contributed by atoms with Crippen molar-refractivity contribution in [3.8, 4) is 0 Å². The van der Waals surface area contributed by atoms with Crippen LogP contribution in [0.3, 0.4) is 0 Å². The number of carboxylic acids is 1. The van der Waals surface area contributed by atoms with Gasteiger partial charge in [-0.15, -0.1) is 0 Å². The third kappa shape index (κ3) is 4.18. The van der Waals surface area contributed by atoms with Gasteiger partial charge in [-0.05, 0) is 12.3 Å². The largest absolute Gasteiger partial charge is 0.480 e. The SMILES string of the molecule is CCN(C)C(=O)N[C@@H](C(=O)O)C(C)(C)C. The number of hydrogen-bond acceptors (Lipinski definition) is 2. The number of amides is 2. The van der Waals surface area contributed by atoms with Crippen LogP contribution in [0, 0.1) is 5.41 Å². The lowest BCUT2D eigenvalue weighted by atomic mass is 9.87. The number of aliphatic carboxylic acids is 1. The first-order valence-electron chi connectivity index (χ1n) is 4.94. The summed E-state index contributed by atoms with van der Waals surface area (Å²) in [7, 11) is 1.62. The highest BCUT2D eigenvalue weighted by Gasteiger charge is 2.33. The van der Waals surface area contributed by atoms with E-state index in [0.717, 1.165) is 0 Å². The monoisotopic (exact) mass is 216 g/mol. The number of rotatable bonds is 3. The van der Waals surface area contributed by atoms with Crippen LogP contribution in [0.2, 0.25) is 0 Å². The molecule has 0 saturated carbocycles. The van der Waals surface area contributed by atoms with E-state index in [9.17, 15) is 9.59 Å². The molecule has 2 amide bonds. The number of carbonyl (C=O) groups is 2. The minimum Gasteiger partial charge on any atom is -0.480 e. The van der Waals surface area contributed by atoms with Gasteiger partial charge in [0, 0.05) is 13.6 Å². The smallest absolute Gasteiger partial charge is 0.326 e. The van der Waals surface area contributed by atoms with E-state index >= 15 is 0 Å². The summed E-state index contributed by atoms with van der Waals surface area (Å²) in [6.07, 6.45) is 0. The van der Waals surface area contributed by atoms with Gasteiger partial charge in [0.1, 0.15) is 6.04 Å². The van der Waals surface area contributed by atoms with Gasteiger partial charge in [-0.2, -0.15) is 0 Å². The Labute approximate surface area is 90.5 Å². The van der Waals surface area contributed by atoms with E-state index in [2.05, 4.69) is 5.32 Å². The van der Waals surface area contributed by atoms with Crippen LogP contribution < -0.4 is 5.32 Å². The van der Waals surface area contributed by atoms with Crippen molar-refractivity contribution in [2.45, 2.75) is 33.7 Å². The van der Waals surface area contributed by atoms with Crippen LogP contribution in [-0.4, -0.2) is 41.6 Å². The van der Waals surface area contributed by atoms with E-state index in [1.165, 1.54) is 4.90 Å². The average molecular weight is 216 g/mol.